The molecule has 0 amide bonds. The molecule has 0 spiro atoms. The number of nitrogens with one attached hydrogen (secondary N) is 1. The van der Waals surface area contributed by atoms with E-state index < -0.39 is 0 Å². The highest BCUT2D eigenvalue weighted by Crippen LogP contribution is 1.94. The van der Waals surface area contributed by atoms with Gasteiger partial charge in [0.25, 0.3) is 5.56 Å². The SMILES string of the molecule is Cc1n[nH]c(=O)cc1C#N. The minimum atomic E-state index is -0.345. The first kappa shape index (κ1) is 6.49. The van der Waals surface area contributed by atoms with Gasteiger partial charge < -0.3 is 0 Å². The molecule has 1 rings (SSSR count). The molecule has 0 saturated carbocycles. The summed E-state index contributed by atoms with van der Waals surface area (Å²) < 4.78 is 0. The monoisotopic (exact) mass is 135 g/mol. The van der Waals surface area contributed by atoms with E-state index in [1.807, 2.05) is 6.07 Å². The number of nitriles is 1. The van der Waals surface area contributed by atoms with Gasteiger partial charge in [-0.3, -0.25) is 4.79 Å². The number of aromatic nitrogens is 2. The highest BCUT2D eigenvalue weighted by atomic mass is 16.1. The average molecular weight is 135 g/mol. The fourth-order valence-corrected chi connectivity index (χ4v) is 0.580. The first-order valence-corrected chi connectivity index (χ1v) is 2.70. The standard InChI is InChI=1S/C6H5N3O/c1-4-5(3-7)2-6(10)9-8-4/h2H,1H3,(H,9,10). The predicted molar refractivity (Wildman–Crippen MR) is 34.3 cm³/mol. The molecule has 0 aliphatic heterocycles. The third kappa shape index (κ3) is 1.03. The van der Waals surface area contributed by atoms with Crippen molar-refractivity contribution < 1.29 is 0 Å². The van der Waals surface area contributed by atoms with Crippen molar-refractivity contribution in [3.8, 4) is 6.07 Å². The first-order chi connectivity index (χ1) is 4.74. The molecule has 4 heteroatoms. The molecule has 1 N–H and O–H groups in total. The van der Waals surface area contributed by atoms with E-state index in [2.05, 4.69) is 10.2 Å². The van der Waals surface area contributed by atoms with E-state index in [0.717, 1.165) is 0 Å². The summed E-state index contributed by atoms with van der Waals surface area (Å²) in [6, 6.07) is 3.08. The maximum absolute atomic E-state index is 10.5. The fraction of sp³-hybridized carbons (Fsp3) is 0.167. The average Bonchev–Trinajstić information content (AvgIpc) is 1.94. The summed E-state index contributed by atoms with van der Waals surface area (Å²) in [5.74, 6) is 0. The second-order valence-corrected chi connectivity index (χ2v) is 1.84. The summed E-state index contributed by atoms with van der Waals surface area (Å²) in [5, 5.41) is 14.2. The van der Waals surface area contributed by atoms with Gasteiger partial charge >= 0.3 is 0 Å². The molecule has 1 aromatic rings. The number of aromatic amines is 1. The summed E-state index contributed by atoms with van der Waals surface area (Å²) in [4.78, 5) is 10.5. The van der Waals surface area contributed by atoms with Gasteiger partial charge in [-0.2, -0.15) is 10.4 Å². The summed E-state index contributed by atoms with van der Waals surface area (Å²) in [5.41, 5.74) is 0.521. The van der Waals surface area contributed by atoms with Crippen LogP contribution in [0, 0.1) is 18.3 Å². The van der Waals surface area contributed by atoms with Gasteiger partial charge in [-0.1, -0.05) is 0 Å². The number of aryl methyl sites for hydroxylation is 1. The van der Waals surface area contributed by atoms with Crippen molar-refractivity contribution in [2.75, 3.05) is 0 Å². The molecule has 0 aliphatic rings. The fourth-order valence-electron chi connectivity index (χ4n) is 0.580. The topological polar surface area (TPSA) is 69.5 Å². The quantitative estimate of drug-likeness (QED) is 0.542. The maximum atomic E-state index is 10.5. The molecule has 0 atom stereocenters. The Bertz CT molecular complexity index is 334. The lowest BCUT2D eigenvalue weighted by atomic mass is 10.2. The van der Waals surface area contributed by atoms with Gasteiger partial charge in [-0.15, -0.1) is 0 Å². The minimum Gasteiger partial charge on any atom is -0.268 e. The number of nitrogens with zero attached hydrogens (tertiary/aromatic N) is 2. The number of rotatable bonds is 0. The molecule has 1 aromatic heterocycles. The van der Waals surface area contributed by atoms with Crippen LogP contribution in [0.15, 0.2) is 10.9 Å². The van der Waals surface area contributed by atoms with Gasteiger partial charge in [0.05, 0.1) is 11.3 Å². The Morgan fingerprint density at radius 3 is 3.00 bits per heavy atom. The molecule has 0 radical (unpaired) electrons. The van der Waals surface area contributed by atoms with Crippen LogP contribution in [0.25, 0.3) is 0 Å². The molecule has 4 nitrogen and oxygen atoms in total. The molecular weight excluding hydrogens is 130 g/mol. The van der Waals surface area contributed by atoms with Gasteiger partial charge in [0.15, 0.2) is 0 Å². The Morgan fingerprint density at radius 2 is 2.50 bits per heavy atom. The lowest BCUT2D eigenvalue weighted by Gasteiger charge is -1.89. The Kier molecular flexibility index (Phi) is 1.50. The molecule has 50 valence electrons. The molecule has 0 aliphatic carbocycles. The smallest absolute Gasteiger partial charge is 0.265 e. The third-order valence-electron chi connectivity index (χ3n) is 1.12. The van der Waals surface area contributed by atoms with E-state index in [9.17, 15) is 4.79 Å². The molecule has 1 heterocycles. The molecular formula is C6H5N3O. The molecule has 10 heavy (non-hydrogen) atoms. The number of hydrogen-bond donors (Lipinski definition) is 1. The Labute approximate surface area is 57.1 Å². The van der Waals surface area contributed by atoms with E-state index in [1.54, 1.807) is 6.92 Å². The van der Waals surface area contributed by atoms with Crippen molar-refractivity contribution in [3.63, 3.8) is 0 Å². The zero-order valence-corrected chi connectivity index (χ0v) is 5.38. The lowest BCUT2D eigenvalue weighted by Crippen LogP contribution is -2.08. The highest BCUT2D eigenvalue weighted by Gasteiger charge is 1.96. The molecule has 0 saturated heterocycles. The van der Waals surface area contributed by atoms with E-state index in [1.165, 1.54) is 6.07 Å². The third-order valence-corrected chi connectivity index (χ3v) is 1.12. The van der Waals surface area contributed by atoms with Crippen LogP contribution in [0.5, 0.6) is 0 Å². The van der Waals surface area contributed by atoms with E-state index in [-0.39, 0.29) is 5.56 Å². The van der Waals surface area contributed by atoms with Crippen LogP contribution >= 0.6 is 0 Å². The Balaban J connectivity index is 3.40. The maximum Gasteiger partial charge on any atom is 0.265 e. The van der Waals surface area contributed by atoms with Crippen molar-refractivity contribution in [2.24, 2.45) is 0 Å². The van der Waals surface area contributed by atoms with Crippen molar-refractivity contribution >= 4 is 0 Å². The zero-order valence-electron chi connectivity index (χ0n) is 5.38. The van der Waals surface area contributed by atoms with Crippen LogP contribution in [0.3, 0.4) is 0 Å². The van der Waals surface area contributed by atoms with Crippen LogP contribution in [0.4, 0.5) is 0 Å². The second-order valence-electron chi connectivity index (χ2n) is 1.84. The number of hydrogen-bond acceptors (Lipinski definition) is 3. The largest absolute Gasteiger partial charge is 0.268 e. The summed E-state index contributed by atoms with van der Waals surface area (Å²) in [6.07, 6.45) is 0. The van der Waals surface area contributed by atoms with E-state index >= 15 is 0 Å². The summed E-state index contributed by atoms with van der Waals surface area (Å²) in [7, 11) is 0. The molecule has 0 unspecified atom stereocenters. The Morgan fingerprint density at radius 1 is 1.80 bits per heavy atom. The molecule has 0 fully saturated rings. The summed E-state index contributed by atoms with van der Waals surface area (Å²) >= 11 is 0. The van der Waals surface area contributed by atoms with Crippen LogP contribution < -0.4 is 5.56 Å². The minimum absolute atomic E-state index is 0.323. The van der Waals surface area contributed by atoms with Gasteiger partial charge in [0.2, 0.25) is 0 Å². The molecule has 0 aromatic carbocycles. The lowest BCUT2D eigenvalue weighted by molar-refractivity contribution is 0.939. The van der Waals surface area contributed by atoms with Crippen molar-refractivity contribution in [3.05, 3.63) is 27.7 Å². The van der Waals surface area contributed by atoms with Gasteiger partial charge in [-0.05, 0) is 6.92 Å². The molecule has 0 bridgehead atoms. The van der Waals surface area contributed by atoms with E-state index in [4.69, 9.17) is 5.26 Å². The predicted octanol–water partition coefficient (Wildman–Crippen LogP) is -0.0500. The van der Waals surface area contributed by atoms with Crippen LogP contribution in [-0.4, -0.2) is 10.2 Å². The number of H-pyrrole nitrogens is 1. The zero-order chi connectivity index (χ0) is 7.56. The summed E-state index contributed by atoms with van der Waals surface area (Å²) in [6.45, 7) is 1.66. The van der Waals surface area contributed by atoms with Crippen LogP contribution in [0.2, 0.25) is 0 Å². The second kappa shape index (κ2) is 2.31. The van der Waals surface area contributed by atoms with Crippen molar-refractivity contribution in [1.82, 2.24) is 10.2 Å². The Hall–Kier alpha value is -1.63. The van der Waals surface area contributed by atoms with E-state index in [0.29, 0.717) is 11.3 Å². The van der Waals surface area contributed by atoms with Gasteiger partial charge in [0.1, 0.15) is 6.07 Å². The van der Waals surface area contributed by atoms with Gasteiger partial charge in [-0.25, -0.2) is 5.10 Å². The van der Waals surface area contributed by atoms with Crippen molar-refractivity contribution in [2.45, 2.75) is 6.92 Å². The first-order valence-electron chi connectivity index (χ1n) is 2.70. The van der Waals surface area contributed by atoms with Crippen LogP contribution in [-0.2, 0) is 0 Å². The van der Waals surface area contributed by atoms with Gasteiger partial charge in [0, 0.05) is 6.07 Å². The normalized spacial score (nSPS) is 8.80. The van der Waals surface area contributed by atoms with Crippen LogP contribution in [0.1, 0.15) is 11.3 Å². The highest BCUT2D eigenvalue weighted by molar-refractivity contribution is 5.29. The van der Waals surface area contributed by atoms with Crippen molar-refractivity contribution in [1.29, 1.82) is 5.26 Å².